The third-order valence-electron chi connectivity index (χ3n) is 6.54. The van der Waals surface area contributed by atoms with Crippen molar-refractivity contribution in [2.75, 3.05) is 4.90 Å². The Labute approximate surface area is 171 Å². The molecule has 0 amide bonds. The lowest BCUT2D eigenvalue weighted by atomic mass is 9.81. The number of hydrogen-bond acceptors (Lipinski definition) is 2. The Hall–Kier alpha value is -3.39. The van der Waals surface area contributed by atoms with Gasteiger partial charge in [0.1, 0.15) is 0 Å². The predicted octanol–water partition coefficient (Wildman–Crippen LogP) is 6.47. The molecular formula is C27H22N2. The highest BCUT2D eigenvalue weighted by atomic mass is 15.2. The van der Waals surface area contributed by atoms with Crippen LogP contribution >= 0.6 is 0 Å². The summed E-state index contributed by atoms with van der Waals surface area (Å²) in [6.45, 7) is 6.36. The van der Waals surface area contributed by atoms with Crippen molar-refractivity contribution >= 4 is 23.2 Å². The van der Waals surface area contributed by atoms with Gasteiger partial charge in [0.25, 0.3) is 0 Å². The van der Waals surface area contributed by atoms with Gasteiger partial charge in [-0.25, -0.2) is 0 Å². The second kappa shape index (κ2) is 6.05. The van der Waals surface area contributed by atoms with Crippen molar-refractivity contribution in [3.8, 4) is 0 Å². The van der Waals surface area contributed by atoms with Gasteiger partial charge >= 0.3 is 0 Å². The van der Waals surface area contributed by atoms with Crippen molar-refractivity contribution in [3.63, 3.8) is 0 Å². The van der Waals surface area contributed by atoms with Gasteiger partial charge in [-0.3, -0.25) is 4.99 Å². The molecule has 0 saturated heterocycles. The summed E-state index contributed by atoms with van der Waals surface area (Å²) in [5, 5.41) is 0. The molecule has 2 aliphatic carbocycles. The minimum atomic E-state index is 0.180. The summed E-state index contributed by atoms with van der Waals surface area (Å²) < 4.78 is 0. The van der Waals surface area contributed by atoms with Crippen molar-refractivity contribution in [1.82, 2.24) is 0 Å². The van der Waals surface area contributed by atoms with Crippen LogP contribution in [0.25, 0.3) is 6.08 Å². The number of rotatable bonds is 2. The molecule has 140 valence electrons. The van der Waals surface area contributed by atoms with Gasteiger partial charge in [0.05, 0.1) is 23.4 Å². The van der Waals surface area contributed by atoms with Gasteiger partial charge in [0.2, 0.25) is 0 Å². The Morgan fingerprint density at radius 3 is 2.90 bits per heavy atom. The molecule has 0 fully saturated rings. The van der Waals surface area contributed by atoms with Gasteiger partial charge in [-0.05, 0) is 47.8 Å². The highest BCUT2D eigenvalue weighted by Crippen LogP contribution is 2.52. The second-order valence-electron chi connectivity index (χ2n) is 7.98. The van der Waals surface area contributed by atoms with Crippen LogP contribution in [0.1, 0.15) is 36.0 Å². The van der Waals surface area contributed by atoms with Crippen molar-refractivity contribution in [3.05, 3.63) is 113 Å². The molecule has 0 saturated carbocycles. The fourth-order valence-electron chi connectivity index (χ4n) is 5.26. The van der Waals surface area contributed by atoms with Gasteiger partial charge in [-0.15, -0.1) is 0 Å². The Bertz CT molecular complexity index is 1220. The number of nitrogens with zero attached hydrogens (tertiary/aromatic N) is 2. The molecule has 4 aliphatic rings. The zero-order valence-corrected chi connectivity index (χ0v) is 16.5. The molecule has 2 heteroatoms. The Balaban J connectivity index is 1.68. The van der Waals surface area contributed by atoms with Gasteiger partial charge in [-0.1, -0.05) is 73.4 Å². The van der Waals surface area contributed by atoms with Crippen molar-refractivity contribution in [2.45, 2.75) is 25.3 Å². The standard InChI is InChI=1S/C27H22N2/c1-3-18-10-7-15-23(18)29-17(2)20-13-6-11-19-9-4-5-12-21(19)25-26-22(28-27(20)25)14-8-16-24(26)29/h3-6,8-17,25H,1,7H2,2H3/b11-6-,20-13-. The van der Waals surface area contributed by atoms with E-state index in [1.807, 2.05) is 6.08 Å². The van der Waals surface area contributed by atoms with Crippen LogP contribution < -0.4 is 4.90 Å². The summed E-state index contributed by atoms with van der Waals surface area (Å²) in [5.74, 6) is 0.180. The van der Waals surface area contributed by atoms with E-state index < -0.39 is 0 Å². The Kier molecular flexibility index (Phi) is 3.45. The molecule has 0 spiro atoms. The fourth-order valence-corrected chi connectivity index (χ4v) is 5.26. The lowest BCUT2D eigenvalue weighted by Crippen LogP contribution is -2.35. The first-order chi connectivity index (χ1) is 14.3. The lowest BCUT2D eigenvalue weighted by molar-refractivity contribution is 0.811. The third kappa shape index (κ3) is 2.20. The molecule has 6 rings (SSSR count). The molecule has 2 aromatic carbocycles. The van der Waals surface area contributed by atoms with Crippen molar-refractivity contribution in [2.24, 2.45) is 4.99 Å². The van der Waals surface area contributed by atoms with Crippen LogP contribution in [0.15, 0.2) is 101 Å². The summed E-state index contributed by atoms with van der Waals surface area (Å²) >= 11 is 0. The van der Waals surface area contributed by atoms with Gasteiger partial charge in [-0.2, -0.15) is 0 Å². The smallest absolute Gasteiger partial charge is 0.0696 e. The summed E-state index contributed by atoms with van der Waals surface area (Å²) in [7, 11) is 0. The monoisotopic (exact) mass is 374 g/mol. The van der Waals surface area contributed by atoms with E-state index in [-0.39, 0.29) is 12.0 Å². The molecule has 2 aromatic rings. The maximum Gasteiger partial charge on any atom is 0.0696 e. The van der Waals surface area contributed by atoms with E-state index in [2.05, 4.69) is 91.2 Å². The largest absolute Gasteiger partial charge is 0.334 e. The summed E-state index contributed by atoms with van der Waals surface area (Å²) in [4.78, 5) is 7.65. The lowest BCUT2D eigenvalue weighted by Gasteiger charge is -2.34. The molecule has 4 bridgehead atoms. The van der Waals surface area contributed by atoms with Crippen LogP contribution in [0.2, 0.25) is 0 Å². The average Bonchev–Trinajstić information content (AvgIpc) is 3.32. The van der Waals surface area contributed by atoms with E-state index in [1.165, 1.54) is 44.9 Å². The molecule has 2 heterocycles. The first-order valence-corrected chi connectivity index (χ1v) is 10.3. The fraction of sp³-hybridized carbons (Fsp3) is 0.148. The van der Waals surface area contributed by atoms with Crippen LogP contribution in [0.4, 0.5) is 11.4 Å². The van der Waals surface area contributed by atoms with E-state index in [1.54, 1.807) is 0 Å². The number of hydrogen-bond donors (Lipinski definition) is 0. The summed E-state index contributed by atoms with van der Waals surface area (Å²) in [6.07, 6.45) is 14.2. The van der Waals surface area contributed by atoms with Crippen molar-refractivity contribution in [1.29, 1.82) is 0 Å². The quantitative estimate of drug-likeness (QED) is 0.588. The number of aliphatic imine (C=N–C) groups is 1. The van der Waals surface area contributed by atoms with Crippen LogP contribution in [-0.2, 0) is 0 Å². The van der Waals surface area contributed by atoms with Gasteiger partial charge in [0, 0.05) is 16.9 Å². The topological polar surface area (TPSA) is 15.6 Å². The molecule has 2 atom stereocenters. The van der Waals surface area contributed by atoms with E-state index in [4.69, 9.17) is 4.99 Å². The average molecular weight is 374 g/mol. The number of fused-ring (bicyclic) bond motifs is 1. The van der Waals surface area contributed by atoms with E-state index in [0.29, 0.717) is 0 Å². The second-order valence-corrected chi connectivity index (χ2v) is 7.98. The summed E-state index contributed by atoms with van der Waals surface area (Å²) in [5.41, 5.74) is 11.3. The first kappa shape index (κ1) is 16.6. The van der Waals surface area contributed by atoms with E-state index in [0.717, 1.165) is 12.1 Å². The van der Waals surface area contributed by atoms with Gasteiger partial charge < -0.3 is 4.90 Å². The molecule has 0 aromatic heterocycles. The van der Waals surface area contributed by atoms with Gasteiger partial charge in [0.15, 0.2) is 0 Å². The van der Waals surface area contributed by atoms with Crippen LogP contribution in [0.5, 0.6) is 0 Å². The van der Waals surface area contributed by atoms with E-state index in [9.17, 15) is 0 Å². The molecule has 29 heavy (non-hydrogen) atoms. The molecule has 2 nitrogen and oxygen atoms in total. The number of benzene rings is 2. The predicted molar refractivity (Wildman–Crippen MR) is 122 cm³/mol. The van der Waals surface area contributed by atoms with Crippen LogP contribution in [0.3, 0.4) is 0 Å². The third-order valence-corrected chi connectivity index (χ3v) is 6.54. The molecule has 2 aliphatic heterocycles. The SMILES string of the molecule is C=CC1=CCC=C1N1c2cccc3c2C2C(=N3)/C(=C\C=C/c3ccccc32)C1C. The first-order valence-electron chi connectivity index (χ1n) is 10.3. The normalized spacial score (nSPS) is 26.2. The Morgan fingerprint density at radius 1 is 1.10 bits per heavy atom. The molecule has 2 unspecified atom stereocenters. The summed E-state index contributed by atoms with van der Waals surface area (Å²) in [6, 6.07) is 15.5. The number of allylic oxidation sites excluding steroid dienone is 5. The molecule has 0 N–H and O–H groups in total. The molecule has 0 radical (unpaired) electrons. The Morgan fingerprint density at radius 2 is 2.00 bits per heavy atom. The van der Waals surface area contributed by atoms with E-state index >= 15 is 0 Å². The van der Waals surface area contributed by atoms with Crippen molar-refractivity contribution < 1.29 is 0 Å². The maximum atomic E-state index is 5.15. The highest BCUT2D eigenvalue weighted by Gasteiger charge is 2.42. The van der Waals surface area contributed by atoms with Crippen LogP contribution in [0, 0.1) is 0 Å². The molecular weight excluding hydrogens is 352 g/mol. The minimum absolute atomic E-state index is 0.180. The highest BCUT2D eigenvalue weighted by molar-refractivity contribution is 6.15. The zero-order valence-electron chi connectivity index (χ0n) is 16.5. The maximum absolute atomic E-state index is 5.15. The zero-order chi connectivity index (χ0) is 19.5. The number of anilines is 1. The van der Waals surface area contributed by atoms with Crippen LogP contribution in [-0.4, -0.2) is 11.8 Å². The minimum Gasteiger partial charge on any atom is -0.334 e.